The van der Waals surface area contributed by atoms with Crippen LogP contribution in [0.15, 0.2) is 58.9 Å². The third kappa shape index (κ3) is 4.23. The van der Waals surface area contributed by atoms with Gasteiger partial charge in [-0.3, -0.25) is 24.5 Å². The summed E-state index contributed by atoms with van der Waals surface area (Å²) in [6.07, 6.45) is 0. The van der Waals surface area contributed by atoms with E-state index in [1.165, 1.54) is 41.3 Å². The molecule has 3 aromatic carbocycles. The molecular weight excluding hydrogens is 500 g/mol. The Morgan fingerprint density at radius 1 is 1.11 bits per heavy atom. The number of rotatable bonds is 6. The number of amides is 3. The van der Waals surface area contributed by atoms with Crippen LogP contribution in [0.1, 0.15) is 31.8 Å². The van der Waals surface area contributed by atoms with E-state index in [9.17, 15) is 24.5 Å². The quantitative estimate of drug-likeness (QED) is 0.158. The van der Waals surface area contributed by atoms with Gasteiger partial charge < -0.3 is 5.32 Å². The molecule has 0 saturated carbocycles. The number of nitro benzene ring substituents is 1. The molecule has 180 valence electrons. The zero-order valence-corrected chi connectivity index (χ0v) is 20.7. The van der Waals surface area contributed by atoms with Crippen LogP contribution in [0.25, 0.3) is 10.2 Å². The summed E-state index contributed by atoms with van der Waals surface area (Å²) in [5, 5.41) is 14.3. The van der Waals surface area contributed by atoms with E-state index in [1.54, 1.807) is 18.2 Å². The Morgan fingerprint density at radius 3 is 2.67 bits per heavy atom. The van der Waals surface area contributed by atoms with Gasteiger partial charge in [-0.2, -0.15) is 0 Å². The number of fused-ring (bicyclic) bond motifs is 2. The van der Waals surface area contributed by atoms with Crippen molar-refractivity contribution in [2.75, 3.05) is 16.0 Å². The number of aryl methyl sites for hydroxylation is 2. The maximum absolute atomic E-state index is 13.0. The summed E-state index contributed by atoms with van der Waals surface area (Å²) in [5.74, 6) is -1.33. The molecule has 0 unspecified atom stereocenters. The molecule has 1 N–H and O–H groups in total. The second-order valence-electron chi connectivity index (χ2n) is 8.19. The molecule has 11 heteroatoms. The third-order valence-electron chi connectivity index (χ3n) is 5.68. The van der Waals surface area contributed by atoms with Crippen molar-refractivity contribution in [3.63, 3.8) is 0 Å². The van der Waals surface area contributed by atoms with Gasteiger partial charge >= 0.3 is 0 Å². The number of carbonyl (C=O) groups is 3. The summed E-state index contributed by atoms with van der Waals surface area (Å²) in [6.45, 7) is 3.93. The summed E-state index contributed by atoms with van der Waals surface area (Å²) in [6, 6.07) is 14.7. The number of nitro groups is 1. The minimum absolute atomic E-state index is 0.00433. The van der Waals surface area contributed by atoms with Crippen LogP contribution in [0.2, 0.25) is 0 Å². The third-order valence-corrected chi connectivity index (χ3v) is 7.84. The van der Waals surface area contributed by atoms with Crippen LogP contribution in [0, 0.1) is 24.0 Å². The molecule has 36 heavy (non-hydrogen) atoms. The highest BCUT2D eigenvalue weighted by molar-refractivity contribution is 8.01. The van der Waals surface area contributed by atoms with Crippen LogP contribution in [-0.2, 0) is 4.79 Å². The first kappa shape index (κ1) is 23.6. The number of aromatic nitrogens is 1. The van der Waals surface area contributed by atoms with E-state index < -0.39 is 22.4 Å². The predicted octanol–water partition coefficient (Wildman–Crippen LogP) is 5.35. The van der Waals surface area contributed by atoms with Crippen molar-refractivity contribution in [1.29, 1.82) is 0 Å². The Balaban J connectivity index is 1.33. The zero-order chi connectivity index (χ0) is 25.6. The van der Waals surface area contributed by atoms with E-state index in [2.05, 4.69) is 10.3 Å². The van der Waals surface area contributed by atoms with Gasteiger partial charge in [0.15, 0.2) is 4.34 Å². The summed E-state index contributed by atoms with van der Waals surface area (Å²) in [5.41, 5.74) is 3.23. The lowest BCUT2D eigenvalue weighted by atomic mass is 10.1. The first-order chi connectivity index (χ1) is 17.2. The van der Waals surface area contributed by atoms with Crippen LogP contribution in [0.3, 0.4) is 0 Å². The number of nitrogens with zero attached hydrogens (tertiary/aromatic N) is 3. The highest BCUT2D eigenvalue weighted by Gasteiger charge is 2.41. The minimum atomic E-state index is -0.733. The Morgan fingerprint density at radius 2 is 1.92 bits per heavy atom. The van der Waals surface area contributed by atoms with Crippen molar-refractivity contribution in [3.05, 3.63) is 87.0 Å². The van der Waals surface area contributed by atoms with E-state index in [1.807, 2.05) is 32.0 Å². The summed E-state index contributed by atoms with van der Waals surface area (Å²) < 4.78 is 1.38. The molecule has 0 spiro atoms. The van der Waals surface area contributed by atoms with Crippen molar-refractivity contribution in [2.24, 2.45) is 0 Å². The van der Waals surface area contributed by atoms with Gasteiger partial charge in [0.25, 0.3) is 17.5 Å². The van der Waals surface area contributed by atoms with Crippen LogP contribution >= 0.6 is 23.1 Å². The van der Waals surface area contributed by atoms with Gasteiger partial charge in [-0.15, -0.1) is 11.3 Å². The van der Waals surface area contributed by atoms with Crippen molar-refractivity contribution >= 4 is 68.1 Å². The Labute approximate surface area is 213 Å². The number of imide groups is 1. The smallest absolute Gasteiger partial charge is 0.283 e. The molecule has 0 atom stereocenters. The van der Waals surface area contributed by atoms with Gasteiger partial charge in [-0.25, -0.2) is 9.88 Å². The molecule has 1 aromatic heterocycles. The maximum Gasteiger partial charge on any atom is 0.283 e. The highest BCUT2D eigenvalue weighted by Crippen LogP contribution is 2.37. The van der Waals surface area contributed by atoms with Gasteiger partial charge in [0, 0.05) is 11.8 Å². The molecule has 0 saturated heterocycles. The number of benzene rings is 3. The molecule has 9 nitrogen and oxygen atoms in total. The van der Waals surface area contributed by atoms with Gasteiger partial charge in [0.2, 0.25) is 5.91 Å². The Kier molecular flexibility index (Phi) is 6.02. The number of hydrogen-bond donors (Lipinski definition) is 1. The number of thiazole rings is 1. The summed E-state index contributed by atoms with van der Waals surface area (Å²) in [7, 11) is 0. The molecule has 0 aliphatic carbocycles. The summed E-state index contributed by atoms with van der Waals surface area (Å²) in [4.78, 5) is 54.5. The Hall–Kier alpha value is -4.09. The van der Waals surface area contributed by atoms with Gasteiger partial charge in [0.05, 0.1) is 32.1 Å². The van der Waals surface area contributed by atoms with Gasteiger partial charge in [0.1, 0.15) is 5.56 Å². The van der Waals surface area contributed by atoms with Crippen LogP contribution < -0.4 is 10.2 Å². The molecule has 4 aromatic rings. The first-order valence-corrected chi connectivity index (χ1v) is 12.6. The lowest BCUT2D eigenvalue weighted by Gasteiger charge is -2.13. The highest BCUT2D eigenvalue weighted by atomic mass is 32.2. The van der Waals surface area contributed by atoms with Crippen molar-refractivity contribution in [1.82, 2.24) is 4.98 Å². The molecule has 0 radical (unpaired) electrons. The topological polar surface area (TPSA) is 123 Å². The van der Waals surface area contributed by atoms with E-state index >= 15 is 0 Å². The lowest BCUT2D eigenvalue weighted by molar-refractivity contribution is -0.385. The molecule has 3 amide bonds. The summed E-state index contributed by atoms with van der Waals surface area (Å²) >= 11 is 2.62. The molecule has 2 heterocycles. The van der Waals surface area contributed by atoms with Crippen molar-refractivity contribution in [2.45, 2.75) is 18.2 Å². The second-order valence-corrected chi connectivity index (χ2v) is 10.4. The van der Waals surface area contributed by atoms with E-state index in [4.69, 9.17) is 0 Å². The normalized spacial score (nSPS) is 12.8. The van der Waals surface area contributed by atoms with Crippen molar-refractivity contribution in [3.8, 4) is 0 Å². The molecule has 0 bridgehead atoms. The predicted molar refractivity (Wildman–Crippen MR) is 139 cm³/mol. The van der Waals surface area contributed by atoms with Gasteiger partial charge in [-0.05, 0) is 49.7 Å². The van der Waals surface area contributed by atoms with Gasteiger partial charge in [-0.1, -0.05) is 35.5 Å². The van der Waals surface area contributed by atoms with E-state index in [0.29, 0.717) is 15.5 Å². The fourth-order valence-corrected chi connectivity index (χ4v) is 5.92. The fourth-order valence-electron chi connectivity index (χ4n) is 4.01. The monoisotopic (exact) mass is 518 g/mol. The largest absolute Gasteiger partial charge is 0.325 e. The minimum Gasteiger partial charge on any atom is -0.325 e. The maximum atomic E-state index is 13.0. The SMILES string of the molecule is Cc1ccc(NC(=O)CSc2nc3ccc(N4C(=O)c5cccc([N+](=O)[O-])c5C4=O)cc3s2)c(C)c1. The average Bonchev–Trinajstić information content (AvgIpc) is 3.37. The fraction of sp³-hybridized carbons (Fsp3) is 0.120. The van der Waals surface area contributed by atoms with Crippen LogP contribution in [-0.4, -0.2) is 33.4 Å². The van der Waals surface area contributed by atoms with E-state index in [-0.39, 0.29) is 22.8 Å². The molecule has 5 rings (SSSR count). The Bertz CT molecular complexity index is 1600. The molecule has 1 aliphatic rings. The average molecular weight is 519 g/mol. The number of hydrogen-bond acceptors (Lipinski definition) is 8. The molecular formula is C25H18N4O5S2. The standard InChI is InChI=1S/C25H18N4O5S2/c1-13-6-8-17(14(2)10-13)26-21(30)12-35-25-27-18-9-7-15(11-20(18)36-25)28-23(31)16-4-3-5-19(29(33)34)22(16)24(28)32/h3-11H,12H2,1-2H3,(H,26,30). The van der Waals surface area contributed by atoms with Crippen LogP contribution in [0.4, 0.5) is 17.1 Å². The van der Waals surface area contributed by atoms with Crippen molar-refractivity contribution < 1.29 is 19.3 Å². The molecule has 0 fully saturated rings. The first-order valence-electron chi connectivity index (χ1n) is 10.8. The number of anilines is 2. The molecule has 1 aliphatic heterocycles. The van der Waals surface area contributed by atoms with Crippen LogP contribution in [0.5, 0.6) is 0 Å². The number of thioether (sulfide) groups is 1. The van der Waals surface area contributed by atoms with E-state index in [0.717, 1.165) is 26.4 Å². The lowest BCUT2D eigenvalue weighted by Crippen LogP contribution is -2.29. The number of carbonyl (C=O) groups excluding carboxylic acids is 3. The zero-order valence-electron chi connectivity index (χ0n) is 19.1. The number of nitrogens with one attached hydrogen (secondary N) is 1. The second kappa shape index (κ2) is 9.17.